The lowest BCUT2D eigenvalue weighted by molar-refractivity contribution is 0.0694. The summed E-state index contributed by atoms with van der Waals surface area (Å²) in [7, 11) is -3.46. The van der Waals surface area contributed by atoms with Gasteiger partial charge in [0.25, 0.3) is 16.1 Å². The topological polar surface area (TPSA) is 89.6 Å². The van der Waals surface area contributed by atoms with E-state index < -0.39 is 10.2 Å². The van der Waals surface area contributed by atoms with Gasteiger partial charge < -0.3 is 9.88 Å². The number of hydrogen-bond acceptors (Lipinski definition) is 5. The SMILES string of the molecule is CCN(CC)S(=O)(=O)N1CCN(C(=O)c2ccc(CSc3nc4ccccc4[nH]3)cc2)CC1. The maximum atomic E-state index is 12.9. The lowest BCUT2D eigenvalue weighted by Gasteiger charge is -2.36. The summed E-state index contributed by atoms with van der Waals surface area (Å²) < 4.78 is 28.3. The van der Waals surface area contributed by atoms with Crippen LogP contribution in [-0.2, 0) is 16.0 Å². The van der Waals surface area contributed by atoms with Gasteiger partial charge >= 0.3 is 0 Å². The average molecular weight is 488 g/mol. The molecular formula is C23H29N5O3S2. The quantitative estimate of drug-likeness (QED) is 0.493. The van der Waals surface area contributed by atoms with Crippen molar-refractivity contribution in [2.45, 2.75) is 24.8 Å². The van der Waals surface area contributed by atoms with Gasteiger partial charge in [0.2, 0.25) is 0 Å². The first-order valence-electron chi connectivity index (χ1n) is 11.1. The molecule has 0 saturated carbocycles. The van der Waals surface area contributed by atoms with Gasteiger partial charge in [-0.25, -0.2) is 4.98 Å². The van der Waals surface area contributed by atoms with E-state index in [1.165, 1.54) is 8.61 Å². The molecule has 1 fully saturated rings. The van der Waals surface area contributed by atoms with Gasteiger partial charge in [0.1, 0.15) is 0 Å². The minimum Gasteiger partial charge on any atom is -0.336 e. The summed E-state index contributed by atoms with van der Waals surface area (Å²) in [5.74, 6) is 0.683. The van der Waals surface area contributed by atoms with E-state index in [0.717, 1.165) is 27.5 Å². The highest BCUT2D eigenvalue weighted by Crippen LogP contribution is 2.23. The number of thioether (sulfide) groups is 1. The van der Waals surface area contributed by atoms with Crippen molar-refractivity contribution in [1.82, 2.24) is 23.5 Å². The van der Waals surface area contributed by atoms with Crippen LogP contribution in [0, 0.1) is 0 Å². The first-order chi connectivity index (χ1) is 15.9. The highest BCUT2D eigenvalue weighted by atomic mass is 32.2. The smallest absolute Gasteiger partial charge is 0.282 e. The van der Waals surface area contributed by atoms with Crippen LogP contribution in [-0.4, -0.2) is 77.1 Å². The fraction of sp³-hybridized carbons (Fsp3) is 0.391. The van der Waals surface area contributed by atoms with Gasteiger partial charge in [-0.3, -0.25) is 4.79 Å². The fourth-order valence-corrected chi connectivity index (χ4v) is 6.36. The van der Waals surface area contributed by atoms with Crippen molar-refractivity contribution in [3.63, 3.8) is 0 Å². The summed E-state index contributed by atoms with van der Waals surface area (Å²) in [5, 5.41) is 0.869. The van der Waals surface area contributed by atoms with E-state index >= 15 is 0 Å². The zero-order valence-corrected chi connectivity index (χ0v) is 20.5. The Morgan fingerprint density at radius 3 is 2.33 bits per heavy atom. The molecule has 0 radical (unpaired) electrons. The van der Waals surface area contributed by atoms with Gasteiger partial charge in [0.15, 0.2) is 5.16 Å². The Hall–Kier alpha value is -2.40. The number of carbonyl (C=O) groups excluding carboxylic acids is 1. The van der Waals surface area contributed by atoms with E-state index in [1.807, 2.05) is 62.4 Å². The van der Waals surface area contributed by atoms with Crippen molar-refractivity contribution in [2.24, 2.45) is 0 Å². The van der Waals surface area contributed by atoms with Gasteiger partial charge in [0.05, 0.1) is 11.0 Å². The molecule has 0 aliphatic carbocycles. The van der Waals surface area contributed by atoms with Gasteiger partial charge in [0, 0.05) is 50.6 Å². The molecule has 1 saturated heterocycles. The largest absolute Gasteiger partial charge is 0.336 e. The number of para-hydroxylation sites is 2. The summed E-state index contributed by atoms with van der Waals surface area (Å²) in [6.07, 6.45) is 0. The second kappa shape index (κ2) is 10.3. The minimum absolute atomic E-state index is 0.0635. The third kappa shape index (κ3) is 5.24. The van der Waals surface area contributed by atoms with Crippen molar-refractivity contribution < 1.29 is 13.2 Å². The Bertz CT molecular complexity index is 1170. The molecule has 2 heterocycles. The zero-order chi connectivity index (χ0) is 23.4. The van der Waals surface area contributed by atoms with Crippen molar-refractivity contribution in [1.29, 1.82) is 0 Å². The summed E-state index contributed by atoms with van der Waals surface area (Å²) in [5.41, 5.74) is 3.69. The molecule has 10 heteroatoms. The highest BCUT2D eigenvalue weighted by molar-refractivity contribution is 7.98. The molecule has 33 heavy (non-hydrogen) atoms. The van der Waals surface area contributed by atoms with Crippen LogP contribution in [0.3, 0.4) is 0 Å². The Labute approximate surface area is 199 Å². The van der Waals surface area contributed by atoms with Crippen LogP contribution in [0.15, 0.2) is 53.7 Å². The fourth-order valence-electron chi connectivity index (χ4n) is 3.91. The lowest BCUT2D eigenvalue weighted by atomic mass is 10.1. The lowest BCUT2D eigenvalue weighted by Crippen LogP contribution is -2.54. The van der Waals surface area contributed by atoms with E-state index in [1.54, 1.807) is 16.7 Å². The van der Waals surface area contributed by atoms with Crippen LogP contribution in [0.4, 0.5) is 0 Å². The number of imidazole rings is 1. The number of rotatable bonds is 8. The molecule has 1 aliphatic heterocycles. The van der Waals surface area contributed by atoms with Gasteiger partial charge in [-0.15, -0.1) is 0 Å². The molecule has 0 bridgehead atoms. The number of aromatic nitrogens is 2. The monoisotopic (exact) mass is 487 g/mol. The number of carbonyl (C=O) groups is 1. The van der Waals surface area contributed by atoms with Gasteiger partial charge in [-0.05, 0) is 29.8 Å². The number of hydrogen-bond donors (Lipinski definition) is 1. The second-order valence-electron chi connectivity index (χ2n) is 7.83. The van der Waals surface area contributed by atoms with Crippen molar-refractivity contribution >= 4 is 38.9 Å². The number of H-pyrrole nitrogens is 1. The number of benzene rings is 2. The molecule has 4 rings (SSSR count). The summed E-state index contributed by atoms with van der Waals surface area (Å²) in [6, 6.07) is 15.5. The normalized spacial score (nSPS) is 15.4. The zero-order valence-electron chi connectivity index (χ0n) is 18.9. The minimum atomic E-state index is -3.46. The average Bonchev–Trinajstić information content (AvgIpc) is 3.26. The van der Waals surface area contributed by atoms with Gasteiger partial charge in [-0.1, -0.05) is 49.9 Å². The van der Waals surface area contributed by atoms with E-state index in [4.69, 9.17) is 0 Å². The van der Waals surface area contributed by atoms with Crippen LogP contribution in [0.25, 0.3) is 11.0 Å². The Balaban J connectivity index is 1.32. The Morgan fingerprint density at radius 2 is 1.70 bits per heavy atom. The molecule has 0 unspecified atom stereocenters. The molecule has 1 aliphatic rings. The van der Waals surface area contributed by atoms with Crippen molar-refractivity contribution in [3.8, 4) is 0 Å². The van der Waals surface area contributed by atoms with Crippen LogP contribution < -0.4 is 0 Å². The molecule has 1 aromatic heterocycles. The molecule has 1 amide bonds. The predicted octanol–water partition coefficient (Wildman–Crippen LogP) is 3.20. The molecular weight excluding hydrogens is 458 g/mol. The van der Waals surface area contributed by atoms with Gasteiger partial charge in [-0.2, -0.15) is 17.0 Å². The third-order valence-corrected chi connectivity index (χ3v) is 8.96. The highest BCUT2D eigenvalue weighted by Gasteiger charge is 2.32. The number of piperazine rings is 1. The Morgan fingerprint density at radius 1 is 1.03 bits per heavy atom. The predicted molar refractivity (Wildman–Crippen MR) is 131 cm³/mol. The Kier molecular flexibility index (Phi) is 7.38. The summed E-state index contributed by atoms with van der Waals surface area (Å²) >= 11 is 1.62. The van der Waals surface area contributed by atoms with E-state index in [0.29, 0.717) is 44.8 Å². The van der Waals surface area contributed by atoms with Crippen molar-refractivity contribution in [3.05, 3.63) is 59.7 Å². The second-order valence-corrected chi connectivity index (χ2v) is 10.7. The molecule has 0 atom stereocenters. The maximum Gasteiger partial charge on any atom is 0.282 e. The molecule has 176 valence electrons. The van der Waals surface area contributed by atoms with Crippen molar-refractivity contribution in [2.75, 3.05) is 39.3 Å². The van der Waals surface area contributed by atoms with E-state index in [-0.39, 0.29) is 5.91 Å². The van der Waals surface area contributed by atoms with Crippen LogP contribution >= 0.6 is 11.8 Å². The summed E-state index contributed by atoms with van der Waals surface area (Å²) in [6.45, 7) is 5.97. The van der Waals surface area contributed by atoms with Crippen LogP contribution in [0.1, 0.15) is 29.8 Å². The molecule has 8 nitrogen and oxygen atoms in total. The van der Waals surface area contributed by atoms with Crippen LogP contribution in [0.2, 0.25) is 0 Å². The molecule has 2 aromatic carbocycles. The number of nitrogens with zero attached hydrogens (tertiary/aromatic N) is 4. The summed E-state index contributed by atoms with van der Waals surface area (Å²) in [4.78, 5) is 22.5. The molecule has 3 aromatic rings. The third-order valence-electron chi connectivity index (χ3n) is 5.83. The van der Waals surface area contributed by atoms with E-state index in [9.17, 15) is 13.2 Å². The molecule has 1 N–H and O–H groups in total. The number of fused-ring (bicyclic) bond motifs is 1. The van der Waals surface area contributed by atoms with Crippen LogP contribution in [0.5, 0.6) is 0 Å². The number of nitrogens with one attached hydrogen (secondary N) is 1. The standard InChI is InChI=1S/C23H29N5O3S2/c1-3-27(4-2)33(30,31)28-15-13-26(14-16-28)22(29)19-11-9-18(10-12-19)17-32-23-24-20-7-5-6-8-21(20)25-23/h5-12H,3-4,13-17H2,1-2H3,(H,24,25). The number of amides is 1. The number of aromatic amines is 1. The maximum absolute atomic E-state index is 12.9. The van der Waals surface area contributed by atoms with E-state index in [2.05, 4.69) is 9.97 Å². The first kappa shape index (κ1) is 23.7. The molecule has 0 spiro atoms. The first-order valence-corrected chi connectivity index (χ1v) is 13.5.